The second-order valence-electron chi connectivity index (χ2n) is 6.51. The van der Waals surface area contributed by atoms with Gasteiger partial charge < -0.3 is 10.1 Å². The molecule has 7 heteroatoms. The second kappa shape index (κ2) is 9.14. The van der Waals surface area contributed by atoms with Crippen LogP contribution in [0.2, 0.25) is 0 Å². The van der Waals surface area contributed by atoms with Crippen molar-refractivity contribution in [3.05, 3.63) is 70.6 Å². The summed E-state index contributed by atoms with van der Waals surface area (Å²) in [5, 5.41) is 7.93. The lowest BCUT2D eigenvalue weighted by Gasteiger charge is -2.18. The van der Waals surface area contributed by atoms with E-state index in [-0.39, 0.29) is 17.2 Å². The Hall–Kier alpha value is -3.19. The van der Waals surface area contributed by atoms with Gasteiger partial charge in [-0.1, -0.05) is 36.4 Å². The lowest BCUT2D eigenvalue weighted by molar-refractivity contribution is 0.0956. The summed E-state index contributed by atoms with van der Waals surface area (Å²) in [6.45, 7) is 1.60. The third-order valence-electron chi connectivity index (χ3n) is 4.38. The van der Waals surface area contributed by atoms with Crippen molar-refractivity contribution in [2.45, 2.75) is 13.1 Å². The summed E-state index contributed by atoms with van der Waals surface area (Å²) in [4.78, 5) is 26.9. The van der Waals surface area contributed by atoms with E-state index in [0.29, 0.717) is 24.0 Å². The van der Waals surface area contributed by atoms with E-state index >= 15 is 0 Å². The molecule has 0 spiro atoms. The van der Waals surface area contributed by atoms with Crippen molar-refractivity contribution in [1.82, 2.24) is 20.0 Å². The van der Waals surface area contributed by atoms with E-state index in [2.05, 4.69) is 10.4 Å². The third-order valence-corrected chi connectivity index (χ3v) is 4.38. The predicted octanol–water partition coefficient (Wildman–Crippen LogP) is 2.11. The Morgan fingerprint density at radius 2 is 1.79 bits per heavy atom. The first kappa shape index (κ1) is 19.6. The minimum atomic E-state index is -0.316. The van der Waals surface area contributed by atoms with Crippen molar-refractivity contribution < 1.29 is 9.53 Å². The van der Waals surface area contributed by atoms with E-state index in [0.717, 1.165) is 18.7 Å². The summed E-state index contributed by atoms with van der Waals surface area (Å²) in [7, 11) is 3.46. The summed E-state index contributed by atoms with van der Waals surface area (Å²) < 4.78 is 7.03. The van der Waals surface area contributed by atoms with Crippen LogP contribution in [0.3, 0.4) is 0 Å². The summed E-state index contributed by atoms with van der Waals surface area (Å²) >= 11 is 0. The largest absolute Gasteiger partial charge is 0.494 e. The number of nitrogens with zero attached hydrogens (tertiary/aromatic N) is 3. The molecular formula is C21H24N4O3. The number of aromatic nitrogens is 2. The highest BCUT2D eigenvalue weighted by molar-refractivity contribution is 6.04. The molecule has 1 N–H and O–H groups in total. The zero-order valence-electron chi connectivity index (χ0n) is 16.1. The van der Waals surface area contributed by atoms with Gasteiger partial charge in [0.25, 0.3) is 11.5 Å². The van der Waals surface area contributed by atoms with Crippen molar-refractivity contribution in [2.75, 3.05) is 27.2 Å². The minimum absolute atomic E-state index is 0.212. The molecule has 146 valence electrons. The fourth-order valence-electron chi connectivity index (χ4n) is 2.96. The number of amides is 1. The molecule has 7 nitrogen and oxygen atoms in total. The maximum absolute atomic E-state index is 12.8. The summed E-state index contributed by atoms with van der Waals surface area (Å²) in [6, 6.07) is 16.7. The SMILES string of the molecule is CNC(=O)c1nn(CN(C)CCCOc2ccccc2)c(=O)c2ccccc12. The van der Waals surface area contributed by atoms with Gasteiger partial charge >= 0.3 is 0 Å². The number of benzene rings is 2. The molecule has 0 aliphatic heterocycles. The van der Waals surface area contributed by atoms with Crippen LogP contribution in [-0.2, 0) is 6.67 Å². The van der Waals surface area contributed by atoms with Gasteiger partial charge in [-0.2, -0.15) is 5.10 Å². The van der Waals surface area contributed by atoms with E-state index in [1.165, 1.54) is 4.68 Å². The molecule has 0 bridgehead atoms. The molecule has 0 aliphatic rings. The highest BCUT2D eigenvalue weighted by atomic mass is 16.5. The van der Waals surface area contributed by atoms with Crippen LogP contribution in [0.25, 0.3) is 10.8 Å². The molecule has 0 saturated heterocycles. The molecule has 3 rings (SSSR count). The lowest BCUT2D eigenvalue weighted by Crippen LogP contribution is -2.35. The summed E-state index contributed by atoms with van der Waals surface area (Å²) in [6.07, 6.45) is 0.802. The van der Waals surface area contributed by atoms with Crippen LogP contribution >= 0.6 is 0 Å². The number of fused-ring (bicyclic) bond motifs is 1. The van der Waals surface area contributed by atoms with Crippen molar-refractivity contribution in [3.8, 4) is 5.75 Å². The van der Waals surface area contributed by atoms with Gasteiger partial charge in [0.2, 0.25) is 0 Å². The second-order valence-corrected chi connectivity index (χ2v) is 6.51. The van der Waals surface area contributed by atoms with Gasteiger partial charge in [-0.25, -0.2) is 4.68 Å². The maximum atomic E-state index is 12.8. The van der Waals surface area contributed by atoms with Crippen molar-refractivity contribution >= 4 is 16.7 Å². The van der Waals surface area contributed by atoms with Gasteiger partial charge in [0.05, 0.1) is 18.7 Å². The Kier molecular flexibility index (Phi) is 6.39. The standard InChI is InChI=1S/C21H24N4O3/c1-22-20(26)19-17-11-6-7-12-18(17)21(27)25(23-19)15-24(2)13-8-14-28-16-9-4-3-5-10-16/h3-7,9-12H,8,13-15H2,1-2H3,(H,22,26). The van der Waals surface area contributed by atoms with Crippen LogP contribution in [-0.4, -0.2) is 47.8 Å². The number of para-hydroxylation sites is 1. The number of ether oxygens (including phenoxy) is 1. The first-order chi connectivity index (χ1) is 13.6. The number of carbonyl (C=O) groups excluding carboxylic acids is 1. The molecular weight excluding hydrogens is 356 g/mol. The molecule has 0 fully saturated rings. The monoisotopic (exact) mass is 380 g/mol. The molecule has 1 heterocycles. The molecule has 2 aromatic carbocycles. The first-order valence-electron chi connectivity index (χ1n) is 9.18. The van der Waals surface area contributed by atoms with Crippen molar-refractivity contribution in [1.29, 1.82) is 0 Å². The van der Waals surface area contributed by atoms with E-state index in [4.69, 9.17) is 4.74 Å². The smallest absolute Gasteiger partial charge is 0.275 e. The third kappa shape index (κ3) is 4.55. The highest BCUT2D eigenvalue weighted by Crippen LogP contribution is 2.13. The number of hydrogen-bond donors (Lipinski definition) is 1. The van der Waals surface area contributed by atoms with Crippen LogP contribution in [0.15, 0.2) is 59.4 Å². The van der Waals surface area contributed by atoms with Gasteiger partial charge in [0.15, 0.2) is 5.69 Å². The van der Waals surface area contributed by atoms with Gasteiger partial charge in [-0.05, 0) is 31.7 Å². The Bertz CT molecular complexity index is 1000. The van der Waals surface area contributed by atoms with Crippen molar-refractivity contribution in [3.63, 3.8) is 0 Å². The van der Waals surface area contributed by atoms with Crippen LogP contribution in [0.1, 0.15) is 16.9 Å². The van der Waals surface area contributed by atoms with Gasteiger partial charge in [0.1, 0.15) is 5.75 Å². The summed E-state index contributed by atoms with van der Waals surface area (Å²) in [5.41, 5.74) is 0.0362. The van der Waals surface area contributed by atoms with E-state index in [9.17, 15) is 9.59 Å². The van der Waals surface area contributed by atoms with Gasteiger partial charge in [-0.3, -0.25) is 14.5 Å². The normalized spacial score (nSPS) is 11.0. The average Bonchev–Trinajstić information content (AvgIpc) is 2.73. The molecule has 1 aromatic heterocycles. The Morgan fingerprint density at radius 3 is 2.50 bits per heavy atom. The quantitative estimate of drug-likeness (QED) is 0.606. The Morgan fingerprint density at radius 1 is 1.11 bits per heavy atom. The topological polar surface area (TPSA) is 76.5 Å². The van der Waals surface area contributed by atoms with Crippen LogP contribution in [0.5, 0.6) is 5.75 Å². The molecule has 0 saturated carbocycles. The van der Waals surface area contributed by atoms with Crippen LogP contribution in [0, 0.1) is 0 Å². The van der Waals surface area contributed by atoms with Gasteiger partial charge in [-0.15, -0.1) is 0 Å². The van der Waals surface area contributed by atoms with Crippen molar-refractivity contribution in [2.24, 2.45) is 0 Å². The Balaban J connectivity index is 1.68. The lowest BCUT2D eigenvalue weighted by atomic mass is 10.1. The fraction of sp³-hybridized carbons (Fsp3) is 0.286. The van der Waals surface area contributed by atoms with Crippen LogP contribution in [0.4, 0.5) is 0 Å². The molecule has 1 amide bonds. The van der Waals surface area contributed by atoms with E-state index in [1.54, 1.807) is 31.3 Å². The molecule has 0 radical (unpaired) electrons. The molecule has 0 atom stereocenters. The van der Waals surface area contributed by atoms with Gasteiger partial charge in [0, 0.05) is 19.0 Å². The van der Waals surface area contributed by atoms with Crippen LogP contribution < -0.4 is 15.6 Å². The van der Waals surface area contributed by atoms with E-state index in [1.807, 2.05) is 42.3 Å². The molecule has 0 unspecified atom stereocenters. The molecule has 3 aromatic rings. The number of carbonyl (C=O) groups is 1. The maximum Gasteiger partial charge on any atom is 0.275 e. The molecule has 28 heavy (non-hydrogen) atoms. The average molecular weight is 380 g/mol. The minimum Gasteiger partial charge on any atom is -0.494 e. The van der Waals surface area contributed by atoms with E-state index < -0.39 is 0 Å². The number of rotatable bonds is 8. The fourth-order valence-corrected chi connectivity index (χ4v) is 2.96. The first-order valence-corrected chi connectivity index (χ1v) is 9.18. The molecule has 0 aliphatic carbocycles. The Labute approximate surface area is 163 Å². The number of nitrogens with one attached hydrogen (secondary N) is 1. The highest BCUT2D eigenvalue weighted by Gasteiger charge is 2.16. The predicted molar refractivity (Wildman–Crippen MR) is 109 cm³/mol. The number of hydrogen-bond acceptors (Lipinski definition) is 5. The zero-order chi connectivity index (χ0) is 19.9. The zero-order valence-corrected chi connectivity index (χ0v) is 16.1. The summed E-state index contributed by atoms with van der Waals surface area (Å²) in [5.74, 6) is 0.525.